The average molecular weight is 318 g/mol. The summed E-state index contributed by atoms with van der Waals surface area (Å²) in [5.41, 5.74) is 0.828. The predicted octanol–water partition coefficient (Wildman–Crippen LogP) is 2.90. The standard InChI is InChI=1S/C18H23FN2O2/c1-3-6-13(2)17(22)20-14-9-11-21(12-10-14)18(23)15-7-4-5-8-16(15)19/h4-8,14H,3,9-12H2,1-2H3,(H,20,22)/b13-6+. The highest BCUT2D eigenvalue weighted by molar-refractivity contribution is 5.94. The molecule has 1 aliphatic heterocycles. The van der Waals surface area contributed by atoms with Crippen LogP contribution in [0.5, 0.6) is 0 Å². The van der Waals surface area contributed by atoms with Crippen LogP contribution >= 0.6 is 0 Å². The molecule has 0 spiro atoms. The first-order chi connectivity index (χ1) is 11.0. The number of hydrogen-bond acceptors (Lipinski definition) is 2. The van der Waals surface area contributed by atoms with Crippen LogP contribution in [-0.2, 0) is 4.79 Å². The maximum Gasteiger partial charge on any atom is 0.256 e. The van der Waals surface area contributed by atoms with Gasteiger partial charge in [-0.05, 0) is 38.3 Å². The summed E-state index contributed by atoms with van der Waals surface area (Å²) < 4.78 is 13.7. The molecule has 0 atom stereocenters. The molecule has 0 aromatic heterocycles. The van der Waals surface area contributed by atoms with E-state index in [4.69, 9.17) is 0 Å². The third kappa shape index (κ3) is 4.41. The van der Waals surface area contributed by atoms with Crippen molar-refractivity contribution in [3.8, 4) is 0 Å². The zero-order valence-corrected chi connectivity index (χ0v) is 13.6. The smallest absolute Gasteiger partial charge is 0.256 e. The van der Waals surface area contributed by atoms with Gasteiger partial charge in [-0.15, -0.1) is 0 Å². The fourth-order valence-electron chi connectivity index (χ4n) is 2.73. The second-order valence-electron chi connectivity index (χ2n) is 5.82. The van der Waals surface area contributed by atoms with E-state index in [0.29, 0.717) is 25.9 Å². The molecule has 5 heteroatoms. The first-order valence-electron chi connectivity index (χ1n) is 8.04. The van der Waals surface area contributed by atoms with Crippen molar-refractivity contribution in [3.63, 3.8) is 0 Å². The molecule has 0 unspecified atom stereocenters. The highest BCUT2D eigenvalue weighted by Gasteiger charge is 2.26. The minimum absolute atomic E-state index is 0.0502. The van der Waals surface area contributed by atoms with Crippen molar-refractivity contribution in [2.45, 2.75) is 39.2 Å². The molecule has 2 rings (SSSR count). The molecule has 0 aliphatic carbocycles. The van der Waals surface area contributed by atoms with Crippen molar-refractivity contribution in [1.82, 2.24) is 10.2 Å². The molecule has 0 bridgehead atoms. The van der Waals surface area contributed by atoms with Crippen LogP contribution in [0.2, 0.25) is 0 Å². The summed E-state index contributed by atoms with van der Waals surface area (Å²) in [6, 6.07) is 6.09. The lowest BCUT2D eigenvalue weighted by atomic mass is 10.0. The molecule has 1 aromatic carbocycles. The van der Waals surface area contributed by atoms with Crippen LogP contribution in [0.15, 0.2) is 35.9 Å². The van der Waals surface area contributed by atoms with Crippen molar-refractivity contribution in [3.05, 3.63) is 47.3 Å². The van der Waals surface area contributed by atoms with Gasteiger partial charge in [-0.3, -0.25) is 9.59 Å². The predicted molar refractivity (Wildman–Crippen MR) is 87.5 cm³/mol. The van der Waals surface area contributed by atoms with Crippen LogP contribution in [0.4, 0.5) is 4.39 Å². The first-order valence-corrected chi connectivity index (χ1v) is 8.04. The molecule has 4 nitrogen and oxygen atoms in total. The van der Waals surface area contributed by atoms with Crippen molar-refractivity contribution in [2.24, 2.45) is 0 Å². The Morgan fingerprint density at radius 3 is 2.57 bits per heavy atom. The maximum absolute atomic E-state index is 13.7. The van der Waals surface area contributed by atoms with Crippen molar-refractivity contribution in [2.75, 3.05) is 13.1 Å². The number of likely N-dealkylation sites (tertiary alicyclic amines) is 1. The summed E-state index contributed by atoms with van der Waals surface area (Å²) in [7, 11) is 0. The van der Waals surface area contributed by atoms with Crippen molar-refractivity contribution >= 4 is 11.8 Å². The first kappa shape index (κ1) is 17.2. The monoisotopic (exact) mass is 318 g/mol. The lowest BCUT2D eigenvalue weighted by Gasteiger charge is -2.32. The van der Waals surface area contributed by atoms with Gasteiger partial charge in [-0.1, -0.05) is 25.1 Å². The third-order valence-electron chi connectivity index (χ3n) is 4.09. The highest BCUT2D eigenvalue weighted by atomic mass is 19.1. The number of nitrogens with zero attached hydrogens (tertiary/aromatic N) is 1. The Hall–Kier alpha value is -2.17. The van der Waals surface area contributed by atoms with Crippen LogP contribution in [0.25, 0.3) is 0 Å². The number of piperidine rings is 1. The molecule has 1 aliphatic rings. The summed E-state index contributed by atoms with van der Waals surface area (Å²) in [5, 5.41) is 2.99. The number of carbonyl (C=O) groups is 2. The van der Waals surface area contributed by atoms with Gasteiger partial charge in [0.05, 0.1) is 5.56 Å². The molecule has 1 heterocycles. The second-order valence-corrected chi connectivity index (χ2v) is 5.82. The number of rotatable bonds is 4. The van der Waals surface area contributed by atoms with Crippen LogP contribution in [0.3, 0.4) is 0 Å². The summed E-state index contributed by atoms with van der Waals surface area (Å²) in [6.45, 7) is 4.84. The van der Waals surface area contributed by atoms with Gasteiger partial charge < -0.3 is 10.2 Å². The normalized spacial score (nSPS) is 16.3. The molecule has 23 heavy (non-hydrogen) atoms. The van der Waals surface area contributed by atoms with Crippen LogP contribution in [0, 0.1) is 5.82 Å². The maximum atomic E-state index is 13.7. The van der Waals surface area contributed by atoms with Gasteiger partial charge in [0, 0.05) is 24.7 Å². The number of benzene rings is 1. The summed E-state index contributed by atoms with van der Waals surface area (Å²) >= 11 is 0. The second kappa shape index (κ2) is 7.90. The molecule has 2 amide bonds. The fraction of sp³-hybridized carbons (Fsp3) is 0.444. The van der Waals surface area contributed by atoms with Crippen LogP contribution in [-0.4, -0.2) is 35.8 Å². The van der Waals surface area contributed by atoms with Gasteiger partial charge in [0.25, 0.3) is 5.91 Å². The molecular weight excluding hydrogens is 295 g/mol. The topological polar surface area (TPSA) is 49.4 Å². The number of carbonyl (C=O) groups excluding carboxylic acids is 2. The SMILES string of the molecule is CC/C=C(\C)C(=O)NC1CCN(C(=O)c2ccccc2F)CC1. The van der Waals surface area contributed by atoms with Crippen molar-refractivity contribution < 1.29 is 14.0 Å². The summed E-state index contributed by atoms with van der Waals surface area (Å²) in [6.07, 6.45) is 4.09. The Morgan fingerprint density at radius 2 is 1.96 bits per heavy atom. The largest absolute Gasteiger partial charge is 0.349 e. The minimum atomic E-state index is -0.492. The number of allylic oxidation sites excluding steroid dienone is 1. The van der Waals surface area contributed by atoms with E-state index in [1.807, 2.05) is 13.0 Å². The molecular formula is C18H23FN2O2. The van der Waals surface area contributed by atoms with Crippen LogP contribution < -0.4 is 5.32 Å². The van der Waals surface area contributed by atoms with Crippen molar-refractivity contribution in [1.29, 1.82) is 0 Å². The van der Waals surface area contributed by atoms with Crippen LogP contribution in [0.1, 0.15) is 43.5 Å². The fourth-order valence-corrected chi connectivity index (χ4v) is 2.73. The Morgan fingerprint density at radius 1 is 1.30 bits per heavy atom. The molecule has 124 valence electrons. The van der Waals surface area contributed by atoms with E-state index in [2.05, 4.69) is 5.32 Å². The van der Waals surface area contributed by atoms with Gasteiger partial charge in [0.15, 0.2) is 0 Å². The zero-order chi connectivity index (χ0) is 16.8. The lowest BCUT2D eigenvalue weighted by molar-refractivity contribution is -0.118. The van der Waals surface area contributed by atoms with Gasteiger partial charge in [-0.2, -0.15) is 0 Å². The van der Waals surface area contributed by atoms with E-state index >= 15 is 0 Å². The highest BCUT2D eigenvalue weighted by Crippen LogP contribution is 2.16. The van der Waals surface area contributed by atoms with E-state index < -0.39 is 5.82 Å². The van der Waals surface area contributed by atoms with E-state index in [0.717, 1.165) is 12.0 Å². The Balaban J connectivity index is 1.89. The minimum Gasteiger partial charge on any atom is -0.349 e. The molecule has 1 saturated heterocycles. The summed E-state index contributed by atoms with van der Waals surface area (Å²) in [5.74, 6) is -0.825. The Bertz CT molecular complexity index is 605. The van der Waals surface area contributed by atoms with Gasteiger partial charge >= 0.3 is 0 Å². The molecule has 1 fully saturated rings. The number of nitrogens with one attached hydrogen (secondary N) is 1. The third-order valence-corrected chi connectivity index (χ3v) is 4.09. The molecule has 0 saturated carbocycles. The molecule has 1 aromatic rings. The number of amides is 2. The Kier molecular flexibility index (Phi) is 5.90. The number of hydrogen-bond donors (Lipinski definition) is 1. The number of halogens is 1. The summed E-state index contributed by atoms with van der Waals surface area (Å²) in [4.78, 5) is 26.0. The van der Waals surface area contributed by atoms with E-state index in [9.17, 15) is 14.0 Å². The average Bonchev–Trinajstić information content (AvgIpc) is 2.55. The van der Waals surface area contributed by atoms with E-state index in [-0.39, 0.29) is 23.4 Å². The lowest BCUT2D eigenvalue weighted by Crippen LogP contribution is -2.46. The zero-order valence-electron chi connectivity index (χ0n) is 13.6. The van der Waals surface area contributed by atoms with E-state index in [1.54, 1.807) is 24.0 Å². The van der Waals surface area contributed by atoms with Gasteiger partial charge in [-0.25, -0.2) is 4.39 Å². The quantitative estimate of drug-likeness (QED) is 0.868. The van der Waals surface area contributed by atoms with Gasteiger partial charge in [0.1, 0.15) is 5.82 Å². The van der Waals surface area contributed by atoms with E-state index in [1.165, 1.54) is 12.1 Å². The Labute approximate surface area is 136 Å². The molecule has 0 radical (unpaired) electrons. The van der Waals surface area contributed by atoms with Gasteiger partial charge in [0.2, 0.25) is 5.91 Å². The molecule has 1 N–H and O–H groups in total.